The average Bonchev–Trinajstić information content (AvgIpc) is 3.20. The Kier molecular flexibility index (Phi) is 3.45. The molecule has 0 aliphatic rings. The summed E-state index contributed by atoms with van der Waals surface area (Å²) in [5, 5.41) is 22.2. The minimum absolute atomic E-state index is 0.00691. The van der Waals surface area contributed by atoms with Crippen molar-refractivity contribution in [3.63, 3.8) is 0 Å². The van der Waals surface area contributed by atoms with Crippen LogP contribution in [0.5, 0.6) is 0 Å². The minimum atomic E-state index is -0.413. The molecule has 0 atom stereocenters. The number of nitro benzene ring substituents is 1. The molecule has 0 fully saturated rings. The lowest BCUT2D eigenvalue weighted by molar-refractivity contribution is -0.384. The molecular formula is C20H14N6O2. The summed E-state index contributed by atoms with van der Waals surface area (Å²) in [5.41, 5.74) is 1.62. The van der Waals surface area contributed by atoms with Gasteiger partial charge in [0, 0.05) is 35.6 Å². The zero-order valence-corrected chi connectivity index (χ0v) is 14.9. The molecule has 8 nitrogen and oxygen atoms in total. The van der Waals surface area contributed by atoms with Gasteiger partial charge in [-0.3, -0.25) is 14.5 Å². The monoisotopic (exact) mass is 370 g/mol. The van der Waals surface area contributed by atoms with E-state index in [0.29, 0.717) is 17.1 Å². The maximum absolute atomic E-state index is 11.2. The lowest BCUT2D eigenvalue weighted by Gasteiger charge is -2.22. The van der Waals surface area contributed by atoms with Gasteiger partial charge in [0.1, 0.15) is 12.1 Å². The van der Waals surface area contributed by atoms with E-state index in [-0.39, 0.29) is 5.69 Å². The normalized spacial score (nSPS) is 11.3. The average molecular weight is 370 g/mol. The molecule has 2 heterocycles. The fraction of sp³-hybridized carbons (Fsp3) is 0.0500. The van der Waals surface area contributed by atoms with Gasteiger partial charge in [-0.25, -0.2) is 0 Å². The second kappa shape index (κ2) is 5.98. The van der Waals surface area contributed by atoms with Crippen LogP contribution in [0, 0.1) is 10.1 Å². The third-order valence-corrected chi connectivity index (χ3v) is 4.87. The molecule has 0 saturated heterocycles. The summed E-state index contributed by atoms with van der Waals surface area (Å²) in [7, 11) is 1.93. The summed E-state index contributed by atoms with van der Waals surface area (Å²) in [4.78, 5) is 17.5. The van der Waals surface area contributed by atoms with Gasteiger partial charge in [0.25, 0.3) is 11.5 Å². The first-order valence-corrected chi connectivity index (χ1v) is 8.63. The van der Waals surface area contributed by atoms with Gasteiger partial charge in [-0.2, -0.15) is 4.98 Å². The molecule has 0 unspecified atom stereocenters. The third kappa shape index (κ3) is 2.35. The Bertz CT molecular complexity index is 1370. The summed E-state index contributed by atoms with van der Waals surface area (Å²) in [6.45, 7) is 0. The van der Waals surface area contributed by atoms with Crippen molar-refractivity contribution >= 4 is 44.6 Å². The second-order valence-electron chi connectivity index (χ2n) is 6.45. The molecule has 0 aliphatic carbocycles. The van der Waals surface area contributed by atoms with Crippen LogP contribution in [0.1, 0.15) is 0 Å². The number of anilines is 2. The Morgan fingerprint density at radius 3 is 2.71 bits per heavy atom. The van der Waals surface area contributed by atoms with Crippen LogP contribution in [0.4, 0.5) is 17.2 Å². The lowest BCUT2D eigenvalue weighted by atomic mass is 10.1. The molecule has 0 saturated carbocycles. The highest BCUT2D eigenvalue weighted by atomic mass is 16.6. The van der Waals surface area contributed by atoms with Crippen LogP contribution < -0.4 is 4.90 Å². The fourth-order valence-electron chi connectivity index (χ4n) is 3.52. The van der Waals surface area contributed by atoms with Crippen LogP contribution in [0.15, 0.2) is 67.0 Å². The Hall–Kier alpha value is -4.07. The zero-order valence-electron chi connectivity index (χ0n) is 14.9. The molecular weight excluding hydrogens is 356 g/mol. The predicted octanol–water partition coefficient (Wildman–Crippen LogP) is 4.11. The van der Waals surface area contributed by atoms with Gasteiger partial charge in [0.2, 0.25) is 0 Å². The van der Waals surface area contributed by atoms with E-state index in [1.54, 1.807) is 10.5 Å². The molecule has 136 valence electrons. The molecule has 0 radical (unpaired) electrons. The van der Waals surface area contributed by atoms with Crippen molar-refractivity contribution in [2.24, 2.45) is 0 Å². The van der Waals surface area contributed by atoms with E-state index in [1.165, 1.54) is 18.5 Å². The van der Waals surface area contributed by atoms with Crippen molar-refractivity contribution in [2.75, 3.05) is 11.9 Å². The number of benzene rings is 3. The molecule has 0 spiro atoms. The van der Waals surface area contributed by atoms with Crippen LogP contribution in [0.2, 0.25) is 0 Å². The number of rotatable bonds is 3. The van der Waals surface area contributed by atoms with E-state index in [2.05, 4.69) is 33.4 Å². The molecule has 5 rings (SSSR count). The molecule has 8 heteroatoms. The second-order valence-corrected chi connectivity index (χ2v) is 6.45. The smallest absolute Gasteiger partial charge is 0.271 e. The standard InChI is InChI=1S/C20H14N6O2/c1-24(17-8-4-6-13-5-2-3-7-15(13)17)19-16-10-9-14(26(27)28)11-18(16)25-12-21-23-20(25)22-19/h2-12H,1H3. The topological polar surface area (TPSA) is 89.5 Å². The largest absolute Gasteiger partial charge is 0.328 e. The summed E-state index contributed by atoms with van der Waals surface area (Å²) in [5.74, 6) is 1.04. The predicted molar refractivity (Wildman–Crippen MR) is 107 cm³/mol. The highest BCUT2D eigenvalue weighted by Crippen LogP contribution is 2.35. The number of nitro groups is 1. The highest BCUT2D eigenvalue weighted by molar-refractivity contribution is 6.00. The van der Waals surface area contributed by atoms with Gasteiger partial charge in [0.05, 0.1) is 10.4 Å². The van der Waals surface area contributed by atoms with Gasteiger partial charge in [-0.15, -0.1) is 10.2 Å². The van der Waals surface area contributed by atoms with Crippen LogP contribution in [-0.2, 0) is 0 Å². The van der Waals surface area contributed by atoms with Crippen molar-refractivity contribution in [2.45, 2.75) is 0 Å². The SMILES string of the molecule is CN(c1cccc2ccccc12)c1nc2nncn2c2cc([N+](=O)[O-])ccc12. The fourth-order valence-corrected chi connectivity index (χ4v) is 3.52. The van der Waals surface area contributed by atoms with Crippen molar-refractivity contribution in [1.82, 2.24) is 19.6 Å². The van der Waals surface area contributed by atoms with Crippen LogP contribution in [-0.4, -0.2) is 31.6 Å². The van der Waals surface area contributed by atoms with Gasteiger partial charge in [0.15, 0.2) is 0 Å². The van der Waals surface area contributed by atoms with Crippen LogP contribution in [0.3, 0.4) is 0 Å². The Labute approximate surface area is 158 Å². The summed E-state index contributed by atoms with van der Waals surface area (Å²) in [6, 6.07) is 18.9. The van der Waals surface area contributed by atoms with Crippen LogP contribution in [0.25, 0.3) is 27.5 Å². The molecule has 3 aromatic carbocycles. The molecule has 0 aliphatic heterocycles. The van der Waals surface area contributed by atoms with Crippen molar-refractivity contribution < 1.29 is 4.92 Å². The molecule has 2 aromatic heterocycles. The van der Waals surface area contributed by atoms with Crippen molar-refractivity contribution in [3.05, 3.63) is 77.1 Å². The highest BCUT2D eigenvalue weighted by Gasteiger charge is 2.18. The number of aromatic nitrogens is 4. The minimum Gasteiger partial charge on any atom is -0.328 e. The molecule has 0 bridgehead atoms. The number of nitrogens with zero attached hydrogens (tertiary/aromatic N) is 6. The number of fused-ring (bicyclic) bond motifs is 4. The van der Waals surface area contributed by atoms with Crippen LogP contribution >= 0.6 is 0 Å². The Balaban J connectivity index is 1.80. The number of hydrogen-bond donors (Lipinski definition) is 0. The first-order chi connectivity index (χ1) is 13.6. The quantitative estimate of drug-likeness (QED) is 0.351. The van der Waals surface area contributed by atoms with E-state index in [0.717, 1.165) is 21.8 Å². The van der Waals surface area contributed by atoms with Crippen molar-refractivity contribution in [3.8, 4) is 0 Å². The van der Waals surface area contributed by atoms with E-state index >= 15 is 0 Å². The number of hydrogen-bond acceptors (Lipinski definition) is 6. The van der Waals surface area contributed by atoms with Gasteiger partial charge in [-0.1, -0.05) is 36.4 Å². The zero-order chi connectivity index (χ0) is 19.3. The van der Waals surface area contributed by atoms with Crippen molar-refractivity contribution in [1.29, 1.82) is 0 Å². The summed E-state index contributed by atoms with van der Waals surface area (Å²) >= 11 is 0. The third-order valence-electron chi connectivity index (χ3n) is 4.87. The van der Waals surface area contributed by atoms with E-state index in [4.69, 9.17) is 0 Å². The van der Waals surface area contributed by atoms with E-state index in [1.807, 2.05) is 36.2 Å². The molecule has 0 amide bonds. The Morgan fingerprint density at radius 1 is 1.04 bits per heavy atom. The summed E-state index contributed by atoms with van der Waals surface area (Å²) in [6.07, 6.45) is 1.51. The first kappa shape index (κ1) is 16.1. The molecule has 0 N–H and O–H groups in total. The maximum Gasteiger partial charge on any atom is 0.271 e. The summed E-state index contributed by atoms with van der Waals surface area (Å²) < 4.78 is 1.66. The molecule has 5 aromatic rings. The van der Waals surface area contributed by atoms with Gasteiger partial charge < -0.3 is 4.90 Å². The van der Waals surface area contributed by atoms with E-state index in [9.17, 15) is 10.1 Å². The van der Waals surface area contributed by atoms with Gasteiger partial charge >= 0.3 is 0 Å². The maximum atomic E-state index is 11.2. The van der Waals surface area contributed by atoms with E-state index < -0.39 is 4.92 Å². The number of non-ortho nitro benzene ring substituents is 1. The Morgan fingerprint density at radius 2 is 1.86 bits per heavy atom. The first-order valence-electron chi connectivity index (χ1n) is 8.63. The molecule has 28 heavy (non-hydrogen) atoms. The van der Waals surface area contributed by atoms with Gasteiger partial charge in [-0.05, 0) is 17.5 Å². The lowest BCUT2D eigenvalue weighted by Crippen LogP contribution is -2.13.